The summed E-state index contributed by atoms with van der Waals surface area (Å²) in [5, 5.41) is 0. The minimum absolute atomic E-state index is 0.196. The normalized spacial score (nSPS) is 18.2. The van der Waals surface area contributed by atoms with Crippen LogP contribution in [0.25, 0.3) is 0 Å². The fourth-order valence-corrected chi connectivity index (χ4v) is 5.23. The van der Waals surface area contributed by atoms with E-state index in [2.05, 4.69) is 0 Å². The SMILES string of the molecule is NCc1ccc(S(=O)(=O)N2CCC(CC(N)=O)CC2)s1. The van der Waals surface area contributed by atoms with Gasteiger partial charge in [-0.1, -0.05) is 0 Å². The number of carbonyl (C=O) groups is 1. The molecule has 4 N–H and O–H groups in total. The van der Waals surface area contributed by atoms with Crippen molar-refractivity contribution in [3.05, 3.63) is 17.0 Å². The van der Waals surface area contributed by atoms with Gasteiger partial charge in [-0.05, 0) is 30.9 Å². The lowest BCUT2D eigenvalue weighted by molar-refractivity contribution is -0.119. The zero-order chi connectivity index (χ0) is 14.8. The van der Waals surface area contributed by atoms with Gasteiger partial charge in [0.15, 0.2) is 0 Å². The molecule has 2 heterocycles. The number of piperidine rings is 1. The minimum Gasteiger partial charge on any atom is -0.370 e. The Kier molecular flexibility index (Phi) is 4.79. The zero-order valence-corrected chi connectivity index (χ0v) is 12.8. The molecule has 1 aromatic rings. The molecule has 0 aromatic carbocycles. The van der Waals surface area contributed by atoms with E-state index in [0.717, 1.165) is 4.88 Å². The number of rotatable bonds is 5. The predicted octanol–water partition coefficient (Wildman–Crippen LogP) is 0.483. The Hall–Kier alpha value is -0.960. The summed E-state index contributed by atoms with van der Waals surface area (Å²) in [6.07, 6.45) is 1.69. The smallest absolute Gasteiger partial charge is 0.252 e. The van der Waals surface area contributed by atoms with Crippen molar-refractivity contribution in [1.29, 1.82) is 0 Å². The topological polar surface area (TPSA) is 106 Å². The Balaban J connectivity index is 2.03. The average Bonchev–Trinajstić information content (AvgIpc) is 2.88. The number of sulfonamides is 1. The summed E-state index contributed by atoms with van der Waals surface area (Å²) in [5.74, 6) is -0.126. The van der Waals surface area contributed by atoms with Crippen molar-refractivity contribution in [2.75, 3.05) is 13.1 Å². The molecular formula is C12H19N3O3S2. The van der Waals surface area contributed by atoms with E-state index >= 15 is 0 Å². The van der Waals surface area contributed by atoms with Gasteiger partial charge in [0.1, 0.15) is 4.21 Å². The summed E-state index contributed by atoms with van der Waals surface area (Å²) in [4.78, 5) is 11.7. The lowest BCUT2D eigenvalue weighted by Gasteiger charge is -2.30. The Morgan fingerprint density at radius 3 is 2.50 bits per heavy atom. The molecule has 0 aliphatic carbocycles. The van der Waals surface area contributed by atoms with E-state index in [1.165, 1.54) is 15.6 Å². The summed E-state index contributed by atoms with van der Waals surface area (Å²) in [6.45, 7) is 1.23. The fraction of sp³-hybridized carbons (Fsp3) is 0.583. The van der Waals surface area contributed by atoms with Crippen molar-refractivity contribution in [1.82, 2.24) is 4.31 Å². The predicted molar refractivity (Wildman–Crippen MR) is 77.5 cm³/mol. The van der Waals surface area contributed by atoms with Gasteiger partial charge in [-0.25, -0.2) is 8.42 Å². The van der Waals surface area contributed by atoms with Crippen LogP contribution in [-0.2, 0) is 21.4 Å². The second-order valence-electron chi connectivity index (χ2n) is 4.94. The van der Waals surface area contributed by atoms with Gasteiger partial charge in [0.05, 0.1) is 0 Å². The molecule has 0 bridgehead atoms. The van der Waals surface area contributed by atoms with Crippen molar-refractivity contribution < 1.29 is 13.2 Å². The Labute approximate surface area is 122 Å². The Bertz CT molecular complexity index is 575. The number of hydrogen-bond donors (Lipinski definition) is 2. The highest BCUT2D eigenvalue weighted by atomic mass is 32.2. The molecule has 8 heteroatoms. The average molecular weight is 317 g/mol. The van der Waals surface area contributed by atoms with Gasteiger partial charge in [0.2, 0.25) is 5.91 Å². The van der Waals surface area contributed by atoms with E-state index in [4.69, 9.17) is 11.5 Å². The van der Waals surface area contributed by atoms with Crippen LogP contribution in [0, 0.1) is 5.92 Å². The Morgan fingerprint density at radius 1 is 1.35 bits per heavy atom. The molecule has 0 saturated carbocycles. The lowest BCUT2D eigenvalue weighted by Crippen LogP contribution is -2.38. The first kappa shape index (κ1) is 15.4. The van der Waals surface area contributed by atoms with Crippen molar-refractivity contribution in [2.45, 2.75) is 30.0 Å². The van der Waals surface area contributed by atoms with Crippen LogP contribution in [0.4, 0.5) is 0 Å². The summed E-state index contributed by atoms with van der Waals surface area (Å²) in [5.41, 5.74) is 10.7. The first-order valence-corrected chi connectivity index (χ1v) is 8.76. The van der Waals surface area contributed by atoms with Crippen LogP contribution in [0.1, 0.15) is 24.1 Å². The highest BCUT2D eigenvalue weighted by Crippen LogP contribution is 2.29. The molecule has 1 aromatic heterocycles. The molecule has 0 spiro atoms. The third kappa shape index (κ3) is 3.38. The van der Waals surface area contributed by atoms with E-state index in [-0.39, 0.29) is 11.8 Å². The van der Waals surface area contributed by atoms with Gasteiger partial charge in [-0.2, -0.15) is 4.31 Å². The highest BCUT2D eigenvalue weighted by molar-refractivity contribution is 7.91. The van der Waals surface area contributed by atoms with Crippen molar-refractivity contribution in [3.63, 3.8) is 0 Å². The maximum absolute atomic E-state index is 12.4. The molecule has 1 saturated heterocycles. The molecule has 1 aliphatic rings. The van der Waals surface area contributed by atoms with Crippen molar-refractivity contribution in [3.8, 4) is 0 Å². The van der Waals surface area contributed by atoms with E-state index in [1.54, 1.807) is 12.1 Å². The van der Waals surface area contributed by atoms with Crippen LogP contribution in [-0.4, -0.2) is 31.7 Å². The molecule has 0 unspecified atom stereocenters. The van der Waals surface area contributed by atoms with Gasteiger partial charge in [0.25, 0.3) is 10.0 Å². The number of amides is 1. The van der Waals surface area contributed by atoms with Crippen LogP contribution in [0.3, 0.4) is 0 Å². The highest BCUT2D eigenvalue weighted by Gasteiger charge is 2.30. The molecule has 0 atom stereocenters. The van der Waals surface area contributed by atoms with Gasteiger partial charge in [-0.3, -0.25) is 4.79 Å². The third-order valence-electron chi connectivity index (χ3n) is 3.50. The molecule has 1 amide bonds. The van der Waals surface area contributed by atoms with Crippen molar-refractivity contribution >= 4 is 27.3 Å². The van der Waals surface area contributed by atoms with Crippen LogP contribution >= 0.6 is 11.3 Å². The molecule has 1 aliphatic heterocycles. The van der Waals surface area contributed by atoms with E-state index in [0.29, 0.717) is 43.1 Å². The lowest BCUT2D eigenvalue weighted by atomic mass is 9.94. The monoisotopic (exact) mass is 317 g/mol. The number of carbonyl (C=O) groups excluding carboxylic acids is 1. The summed E-state index contributed by atoms with van der Waals surface area (Å²) < 4.78 is 26.7. The minimum atomic E-state index is -3.42. The number of hydrogen-bond acceptors (Lipinski definition) is 5. The molecule has 6 nitrogen and oxygen atoms in total. The second-order valence-corrected chi connectivity index (χ2v) is 8.28. The van der Waals surface area contributed by atoms with Crippen LogP contribution in [0.5, 0.6) is 0 Å². The van der Waals surface area contributed by atoms with E-state index in [1.807, 2.05) is 0 Å². The van der Waals surface area contributed by atoms with E-state index in [9.17, 15) is 13.2 Å². The number of thiophene rings is 1. The van der Waals surface area contributed by atoms with Crippen molar-refractivity contribution in [2.24, 2.45) is 17.4 Å². The molecule has 112 valence electrons. The number of nitrogens with zero attached hydrogens (tertiary/aromatic N) is 1. The third-order valence-corrected chi connectivity index (χ3v) is 6.97. The molecule has 1 fully saturated rings. The standard InChI is InChI=1S/C12H19N3O3S2/c13-8-10-1-2-12(19-10)20(17,18)15-5-3-9(4-6-15)7-11(14)16/h1-2,9H,3-8,13H2,(H2,14,16). The quantitative estimate of drug-likeness (QED) is 0.823. The summed E-state index contributed by atoms with van der Waals surface area (Å²) in [7, 11) is -3.42. The van der Waals surface area contributed by atoms with Gasteiger partial charge in [-0.15, -0.1) is 11.3 Å². The Morgan fingerprint density at radius 2 is 2.00 bits per heavy atom. The molecule has 20 heavy (non-hydrogen) atoms. The van der Waals surface area contributed by atoms with Gasteiger partial charge < -0.3 is 11.5 Å². The summed E-state index contributed by atoms with van der Waals surface area (Å²) >= 11 is 1.22. The van der Waals surface area contributed by atoms with Crippen LogP contribution < -0.4 is 11.5 Å². The second kappa shape index (κ2) is 6.21. The number of primary amides is 1. The summed E-state index contributed by atoms with van der Waals surface area (Å²) in [6, 6.07) is 3.36. The largest absolute Gasteiger partial charge is 0.370 e. The maximum Gasteiger partial charge on any atom is 0.252 e. The first-order valence-electron chi connectivity index (χ1n) is 6.50. The maximum atomic E-state index is 12.4. The number of nitrogens with two attached hydrogens (primary N) is 2. The van der Waals surface area contributed by atoms with Crippen LogP contribution in [0.2, 0.25) is 0 Å². The fourth-order valence-electron chi connectivity index (χ4n) is 2.37. The first-order chi connectivity index (χ1) is 9.43. The molecule has 0 radical (unpaired) electrons. The van der Waals surface area contributed by atoms with Gasteiger partial charge in [0, 0.05) is 30.9 Å². The molecular weight excluding hydrogens is 298 g/mol. The molecule has 2 rings (SSSR count). The van der Waals surface area contributed by atoms with Gasteiger partial charge >= 0.3 is 0 Å². The van der Waals surface area contributed by atoms with Crippen LogP contribution in [0.15, 0.2) is 16.3 Å². The zero-order valence-electron chi connectivity index (χ0n) is 11.1. The van der Waals surface area contributed by atoms with E-state index < -0.39 is 10.0 Å².